The van der Waals surface area contributed by atoms with Gasteiger partial charge < -0.3 is 5.73 Å². The molecule has 2 aliphatic heterocycles. The number of allylic oxidation sites excluding steroid dienone is 2. The quantitative estimate of drug-likeness (QED) is 0.772. The van der Waals surface area contributed by atoms with Gasteiger partial charge in [0.05, 0.1) is 0 Å². The van der Waals surface area contributed by atoms with Crippen LogP contribution < -0.4 is 11.4 Å². The van der Waals surface area contributed by atoms with E-state index in [1.54, 1.807) is 11.6 Å². The lowest BCUT2D eigenvalue weighted by Gasteiger charge is -2.13. The van der Waals surface area contributed by atoms with Gasteiger partial charge in [0.25, 0.3) is 0 Å². The Morgan fingerprint density at radius 1 is 1.47 bits per heavy atom. The van der Waals surface area contributed by atoms with Crippen molar-refractivity contribution in [2.24, 2.45) is 7.05 Å². The smallest absolute Gasteiger partial charge is 0.331 e. The lowest BCUT2D eigenvalue weighted by molar-refractivity contribution is 0.672. The van der Waals surface area contributed by atoms with E-state index >= 15 is 0 Å². The number of fused-ring (bicyclic) bond motifs is 1. The molecule has 0 bridgehead atoms. The molecule has 2 N–H and O–H groups in total. The molecule has 90 valence electrons. The first-order valence-corrected chi connectivity index (χ1v) is 5.31. The van der Waals surface area contributed by atoms with E-state index in [2.05, 4.69) is 9.97 Å². The van der Waals surface area contributed by atoms with Gasteiger partial charge in [0.1, 0.15) is 17.8 Å². The monoisotopic (exact) mass is 233 g/mol. The average molecular weight is 233 g/mol. The van der Waals surface area contributed by atoms with Crippen LogP contribution in [0.4, 0.5) is 5.82 Å². The SMILES string of the molecule is CC(C)=CCn1c2ncnc-2c(N)n(C)c1=O. The van der Waals surface area contributed by atoms with Crippen LogP contribution in [0.2, 0.25) is 0 Å². The highest BCUT2D eigenvalue weighted by molar-refractivity contribution is 5.65. The van der Waals surface area contributed by atoms with E-state index in [-0.39, 0.29) is 5.69 Å². The third-order valence-electron chi connectivity index (χ3n) is 2.64. The molecular weight excluding hydrogens is 218 g/mol. The highest BCUT2D eigenvalue weighted by Gasteiger charge is 2.18. The number of rotatable bonds is 2. The Morgan fingerprint density at radius 2 is 2.18 bits per heavy atom. The number of aromatic nitrogens is 4. The molecule has 6 nitrogen and oxygen atoms in total. The van der Waals surface area contributed by atoms with Gasteiger partial charge in [-0.1, -0.05) is 11.6 Å². The molecule has 0 saturated heterocycles. The predicted molar refractivity (Wildman–Crippen MR) is 65.7 cm³/mol. The molecule has 0 fully saturated rings. The molecule has 0 aromatic rings. The Kier molecular flexibility index (Phi) is 2.71. The van der Waals surface area contributed by atoms with E-state index in [4.69, 9.17) is 5.73 Å². The Bertz CT molecular complexity index is 603. The summed E-state index contributed by atoms with van der Waals surface area (Å²) in [5, 5.41) is 0. The normalized spacial score (nSPS) is 10.8. The number of anilines is 1. The predicted octanol–water partition coefficient (Wildman–Crippen LogP) is 0.630. The van der Waals surface area contributed by atoms with Crippen molar-refractivity contribution in [3.63, 3.8) is 0 Å². The van der Waals surface area contributed by atoms with Crippen molar-refractivity contribution in [2.45, 2.75) is 20.4 Å². The van der Waals surface area contributed by atoms with Crippen LogP contribution >= 0.6 is 0 Å². The number of hydrogen-bond donors (Lipinski definition) is 1. The minimum Gasteiger partial charge on any atom is -0.383 e. The highest BCUT2D eigenvalue weighted by Crippen LogP contribution is 2.20. The molecule has 2 heterocycles. The molecule has 0 saturated carbocycles. The third kappa shape index (κ3) is 1.82. The molecular formula is C11H15N5O. The van der Waals surface area contributed by atoms with Crippen LogP contribution in [0.5, 0.6) is 0 Å². The summed E-state index contributed by atoms with van der Waals surface area (Å²) >= 11 is 0. The fourth-order valence-corrected chi connectivity index (χ4v) is 1.61. The van der Waals surface area contributed by atoms with E-state index in [0.717, 1.165) is 5.57 Å². The first-order valence-electron chi connectivity index (χ1n) is 5.31. The summed E-state index contributed by atoms with van der Waals surface area (Å²) in [6, 6.07) is 0. The summed E-state index contributed by atoms with van der Waals surface area (Å²) < 4.78 is 2.95. The van der Waals surface area contributed by atoms with Crippen molar-refractivity contribution < 1.29 is 0 Å². The molecule has 6 heteroatoms. The summed E-state index contributed by atoms with van der Waals surface area (Å²) in [5.41, 5.74) is 7.34. The number of nitrogens with zero attached hydrogens (tertiary/aromatic N) is 4. The molecule has 0 aromatic heterocycles. The lowest BCUT2D eigenvalue weighted by atomic mass is 10.3. The maximum atomic E-state index is 12.1. The second kappa shape index (κ2) is 4.04. The van der Waals surface area contributed by atoms with Crippen LogP contribution in [0, 0.1) is 0 Å². The minimum absolute atomic E-state index is 0.187. The largest absolute Gasteiger partial charge is 0.383 e. The van der Waals surface area contributed by atoms with Crippen LogP contribution in [0.1, 0.15) is 13.8 Å². The van der Waals surface area contributed by atoms with Crippen LogP contribution in [0.15, 0.2) is 22.8 Å². The zero-order valence-electron chi connectivity index (χ0n) is 10.1. The van der Waals surface area contributed by atoms with Crippen LogP contribution in [0.25, 0.3) is 11.5 Å². The van der Waals surface area contributed by atoms with Gasteiger partial charge in [0.2, 0.25) is 0 Å². The van der Waals surface area contributed by atoms with E-state index in [1.807, 2.05) is 19.9 Å². The van der Waals surface area contributed by atoms with Gasteiger partial charge >= 0.3 is 5.69 Å². The van der Waals surface area contributed by atoms with Crippen LogP contribution in [-0.4, -0.2) is 19.1 Å². The molecule has 2 rings (SSSR count). The van der Waals surface area contributed by atoms with Crippen molar-refractivity contribution in [1.29, 1.82) is 0 Å². The first-order chi connectivity index (χ1) is 8.02. The van der Waals surface area contributed by atoms with Gasteiger partial charge in [0, 0.05) is 13.6 Å². The number of imidazole rings is 1. The summed E-state index contributed by atoms with van der Waals surface area (Å²) in [4.78, 5) is 20.2. The average Bonchev–Trinajstić information content (AvgIpc) is 2.74. The molecule has 0 aliphatic carbocycles. The molecule has 0 radical (unpaired) electrons. The van der Waals surface area contributed by atoms with Gasteiger partial charge in [0.15, 0.2) is 5.82 Å². The Hall–Kier alpha value is -2.11. The van der Waals surface area contributed by atoms with E-state index < -0.39 is 0 Å². The Balaban J connectivity index is 2.67. The van der Waals surface area contributed by atoms with E-state index in [9.17, 15) is 4.79 Å². The van der Waals surface area contributed by atoms with E-state index in [0.29, 0.717) is 23.9 Å². The molecule has 0 unspecified atom stereocenters. The third-order valence-corrected chi connectivity index (χ3v) is 2.64. The lowest BCUT2D eigenvalue weighted by Crippen LogP contribution is -2.32. The Labute approximate surface area is 98.8 Å². The second-order valence-electron chi connectivity index (χ2n) is 4.16. The second-order valence-corrected chi connectivity index (χ2v) is 4.16. The van der Waals surface area contributed by atoms with Crippen molar-refractivity contribution in [3.05, 3.63) is 28.5 Å². The molecule has 0 atom stereocenters. The van der Waals surface area contributed by atoms with Crippen LogP contribution in [0.3, 0.4) is 0 Å². The summed E-state index contributed by atoms with van der Waals surface area (Å²) in [7, 11) is 1.63. The van der Waals surface area contributed by atoms with Gasteiger partial charge in [-0.25, -0.2) is 14.8 Å². The highest BCUT2D eigenvalue weighted by atomic mass is 16.1. The molecule has 2 aliphatic rings. The van der Waals surface area contributed by atoms with Gasteiger partial charge in [-0.3, -0.25) is 9.13 Å². The maximum Gasteiger partial charge on any atom is 0.331 e. The maximum absolute atomic E-state index is 12.1. The minimum atomic E-state index is -0.187. The molecule has 0 aromatic carbocycles. The van der Waals surface area contributed by atoms with Crippen molar-refractivity contribution in [1.82, 2.24) is 19.1 Å². The van der Waals surface area contributed by atoms with Crippen molar-refractivity contribution in [2.75, 3.05) is 5.73 Å². The van der Waals surface area contributed by atoms with Crippen LogP contribution in [-0.2, 0) is 13.6 Å². The van der Waals surface area contributed by atoms with Crippen molar-refractivity contribution in [3.8, 4) is 11.5 Å². The first kappa shape index (κ1) is 11.4. The molecule has 17 heavy (non-hydrogen) atoms. The summed E-state index contributed by atoms with van der Waals surface area (Å²) in [6.07, 6.45) is 3.38. The van der Waals surface area contributed by atoms with Gasteiger partial charge in [-0.2, -0.15) is 0 Å². The Morgan fingerprint density at radius 3 is 2.82 bits per heavy atom. The van der Waals surface area contributed by atoms with Crippen molar-refractivity contribution >= 4 is 5.82 Å². The summed E-state index contributed by atoms with van der Waals surface area (Å²) in [5.74, 6) is 0.874. The fraction of sp³-hybridized carbons (Fsp3) is 0.364. The fourth-order valence-electron chi connectivity index (χ4n) is 1.61. The van der Waals surface area contributed by atoms with Gasteiger partial charge in [-0.15, -0.1) is 0 Å². The van der Waals surface area contributed by atoms with Gasteiger partial charge in [-0.05, 0) is 13.8 Å². The zero-order valence-corrected chi connectivity index (χ0v) is 10.1. The standard InChI is InChI=1S/C11H15N5O/c1-7(2)4-5-16-10-8(13-6-14-10)9(12)15(3)11(16)17/h4,6H,5,12H2,1-3H3. The molecule has 0 amide bonds. The van der Waals surface area contributed by atoms with E-state index in [1.165, 1.54) is 10.9 Å². The number of nitrogens with two attached hydrogens (primary N) is 1. The zero-order chi connectivity index (χ0) is 12.6. The number of nitrogen functional groups attached to an aromatic ring is 1. The molecule has 0 spiro atoms. The summed E-state index contributed by atoms with van der Waals surface area (Å²) in [6.45, 7) is 4.44. The topological polar surface area (TPSA) is 78.7 Å². The number of hydrogen-bond acceptors (Lipinski definition) is 4.